The first-order valence-corrected chi connectivity index (χ1v) is 8.30. The van der Waals surface area contributed by atoms with Crippen molar-refractivity contribution in [2.45, 2.75) is 64.7 Å². The zero-order chi connectivity index (χ0) is 17.0. The predicted octanol–water partition coefficient (Wildman–Crippen LogP) is 4.00. The van der Waals surface area contributed by atoms with Crippen molar-refractivity contribution in [1.82, 2.24) is 5.06 Å². The van der Waals surface area contributed by atoms with Crippen molar-refractivity contribution in [3.63, 3.8) is 0 Å². The summed E-state index contributed by atoms with van der Waals surface area (Å²) in [5, 5.41) is 12.1. The summed E-state index contributed by atoms with van der Waals surface area (Å²) in [5.74, 6) is -0.227. The van der Waals surface area contributed by atoms with Crippen LogP contribution in [0.25, 0.3) is 0 Å². The van der Waals surface area contributed by atoms with Crippen LogP contribution in [0.2, 0.25) is 0 Å². The van der Waals surface area contributed by atoms with Gasteiger partial charge in [0.2, 0.25) is 0 Å². The van der Waals surface area contributed by atoms with E-state index in [9.17, 15) is 5.21 Å². The maximum atomic E-state index is 10.7. The standard InChI is InChI=1S/C19H29NO3/c1-6-17-18(23-19(4,5)22-17)16(12-14(2)3)20(21)13-15-10-8-7-9-11-15/h6-11,14,16-18,21H,1,12-13H2,2-5H3/t16-,17-,18+/m1/s1. The Kier molecular flexibility index (Phi) is 5.98. The summed E-state index contributed by atoms with van der Waals surface area (Å²) in [7, 11) is 0. The zero-order valence-corrected chi connectivity index (χ0v) is 14.6. The molecule has 3 atom stereocenters. The maximum absolute atomic E-state index is 10.7. The summed E-state index contributed by atoms with van der Waals surface area (Å²) in [6.45, 7) is 12.4. The molecule has 1 fully saturated rings. The van der Waals surface area contributed by atoms with E-state index in [1.165, 1.54) is 5.06 Å². The van der Waals surface area contributed by atoms with Gasteiger partial charge in [-0.2, -0.15) is 5.06 Å². The number of hydrogen-bond acceptors (Lipinski definition) is 4. The first-order chi connectivity index (χ1) is 10.8. The van der Waals surface area contributed by atoms with Crippen molar-refractivity contribution < 1.29 is 14.7 Å². The van der Waals surface area contributed by atoms with E-state index in [4.69, 9.17) is 9.47 Å². The third kappa shape index (κ3) is 4.88. The zero-order valence-electron chi connectivity index (χ0n) is 14.6. The fraction of sp³-hybridized carbons (Fsp3) is 0.579. The number of benzene rings is 1. The number of nitrogens with zero attached hydrogens (tertiary/aromatic N) is 1. The molecule has 0 bridgehead atoms. The highest BCUT2D eigenvalue weighted by molar-refractivity contribution is 5.14. The van der Waals surface area contributed by atoms with Gasteiger partial charge in [-0.1, -0.05) is 50.3 Å². The minimum absolute atomic E-state index is 0.153. The normalized spacial score (nSPS) is 25.0. The number of ether oxygens (including phenoxy) is 2. The Morgan fingerprint density at radius 1 is 1.26 bits per heavy atom. The minimum atomic E-state index is -0.660. The van der Waals surface area contributed by atoms with Gasteiger partial charge < -0.3 is 14.7 Å². The van der Waals surface area contributed by atoms with Gasteiger partial charge in [0.25, 0.3) is 0 Å². The molecule has 4 nitrogen and oxygen atoms in total. The van der Waals surface area contributed by atoms with Gasteiger partial charge in [-0.3, -0.25) is 0 Å². The van der Waals surface area contributed by atoms with Gasteiger partial charge in [-0.15, -0.1) is 6.58 Å². The van der Waals surface area contributed by atoms with Gasteiger partial charge in [0.1, 0.15) is 12.2 Å². The summed E-state index contributed by atoms with van der Waals surface area (Å²) in [6, 6.07) is 9.80. The van der Waals surface area contributed by atoms with Crippen LogP contribution in [0.3, 0.4) is 0 Å². The molecule has 23 heavy (non-hydrogen) atoms. The fourth-order valence-electron chi connectivity index (χ4n) is 3.09. The van der Waals surface area contributed by atoms with Crippen LogP contribution in [-0.4, -0.2) is 34.3 Å². The lowest BCUT2D eigenvalue weighted by Gasteiger charge is -2.33. The first kappa shape index (κ1) is 18.1. The molecule has 0 amide bonds. The van der Waals surface area contributed by atoms with Crippen LogP contribution in [0, 0.1) is 5.92 Å². The van der Waals surface area contributed by atoms with Crippen LogP contribution < -0.4 is 0 Å². The van der Waals surface area contributed by atoms with E-state index in [1.807, 2.05) is 44.2 Å². The Bertz CT molecular complexity index is 501. The summed E-state index contributed by atoms with van der Waals surface area (Å²) in [6.07, 6.45) is 2.12. The molecule has 0 saturated carbocycles. The largest absolute Gasteiger partial charge is 0.342 e. The van der Waals surface area contributed by atoms with E-state index in [1.54, 1.807) is 6.08 Å². The molecule has 1 aliphatic heterocycles. The van der Waals surface area contributed by atoms with Crippen LogP contribution in [-0.2, 0) is 16.0 Å². The van der Waals surface area contributed by atoms with Gasteiger partial charge in [0, 0.05) is 6.54 Å². The van der Waals surface area contributed by atoms with Gasteiger partial charge >= 0.3 is 0 Å². The highest BCUT2D eigenvalue weighted by Crippen LogP contribution is 2.34. The molecule has 0 unspecified atom stereocenters. The molecule has 4 heteroatoms. The molecular formula is C19H29NO3. The molecule has 0 spiro atoms. The Hall–Kier alpha value is -1.20. The van der Waals surface area contributed by atoms with Crippen molar-refractivity contribution in [2.24, 2.45) is 5.92 Å². The summed E-state index contributed by atoms with van der Waals surface area (Å²) in [5.41, 5.74) is 1.07. The summed E-state index contributed by atoms with van der Waals surface area (Å²) < 4.78 is 12.0. The average Bonchev–Trinajstić information content (AvgIpc) is 2.80. The SMILES string of the molecule is C=C[C@H]1OC(C)(C)O[C@H]1[C@@H](CC(C)C)N(O)Cc1ccccc1. The smallest absolute Gasteiger partial charge is 0.164 e. The third-order valence-electron chi connectivity index (χ3n) is 4.06. The van der Waals surface area contributed by atoms with Crippen molar-refractivity contribution in [1.29, 1.82) is 0 Å². The van der Waals surface area contributed by atoms with Crippen LogP contribution in [0.15, 0.2) is 43.0 Å². The van der Waals surface area contributed by atoms with E-state index < -0.39 is 5.79 Å². The van der Waals surface area contributed by atoms with E-state index in [-0.39, 0.29) is 18.2 Å². The molecule has 1 N–H and O–H groups in total. The van der Waals surface area contributed by atoms with Crippen molar-refractivity contribution in [3.8, 4) is 0 Å². The molecule has 1 aromatic carbocycles. The lowest BCUT2D eigenvalue weighted by Crippen LogP contribution is -2.46. The third-order valence-corrected chi connectivity index (χ3v) is 4.06. The van der Waals surface area contributed by atoms with Crippen molar-refractivity contribution in [2.75, 3.05) is 0 Å². The quantitative estimate of drug-likeness (QED) is 0.609. The second kappa shape index (κ2) is 7.58. The molecule has 2 rings (SSSR count). The topological polar surface area (TPSA) is 41.9 Å². The maximum Gasteiger partial charge on any atom is 0.164 e. The van der Waals surface area contributed by atoms with Crippen LogP contribution >= 0.6 is 0 Å². The molecule has 0 aliphatic carbocycles. The van der Waals surface area contributed by atoms with Crippen LogP contribution in [0.4, 0.5) is 0 Å². The van der Waals surface area contributed by atoms with Crippen molar-refractivity contribution in [3.05, 3.63) is 48.6 Å². The molecular weight excluding hydrogens is 290 g/mol. The van der Waals surface area contributed by atoms with Crippen molar-refractivity contribution >= 4 is 0 Å². The second-order valence-corrected chi connectivity index (χ2v) is 7.08. The monoisotopic (exact) mass is 319 g/mol. The second-order valence-electron chi connectivity index (χ2n) is 7.08. The van der Waals surface area contributed by atoms with Gasteiger partial charge in [0.05, 0.1) is 6.04 Å². The van der Waals surface area contributed by atoms with E-state index in [2.05, 4.69) is 20.4 Å². The Morgan fingerprint density at radius 2 is 1.91 bits per heavy atom. The molecule has 0 aromatic heterocycles. The highest BCUT2D eigenvalue weighted by atomic mass is 16.8. The summed E-state index contributed by atoms with van der Waals surface area (Å²) in [4.78, 5) is 0. The molecule has 1 heterocycles. The fourth-order valence-corrected chi connectivity index (χ4v) is 3.09. The Balaban J connectivity index is 2.17. The van der Waals surface area contributed by atoms with Gasteiger partial charge in [-0.25, -0.2) is 0 Å². The van der Waals surface area contributed by atoms with E-state index in [0.717, 1.165) is 12.0 Å². The summed E-state index contributed by atoms with van der Waals surface area (Å²) >= 11 is 0. The molecule has 1 saturated heterocycles. The average molecular weight is 319 g/mol. The lowest BCUT2D eigenvalue weighted by molar-refractivity contribution is -0.192. The lowest BCUT2D eigenvalue weighted by atomic mass is 9.95. The minimum Gasteiger partial charge on any atom is -0.342 e. The predicted molar refractivity (Wildman–Crippen MR) is 91.0 cm³/mol. The molecule has 128 valence electrons. The van der Waals surface area contributed by atoms with E-state index in [0.29, 0.717) is 12.5 Å². The Morgan fingerprint density at radius 3 is 2.48 bits per heavy atom. The molecule has 0 radical (unpaired) electrons. The number of hydrogen-bond donors (Lipinski definition) is 1. The van der Waals surface area contributed by atoms with Crippen LogP contribution in [0.1, 0.15) is 39.7 Å². The Labute approximate surface area is 139 Å². The highest BCUT2D eigenvalue weighted by Gasteiger charge is 2.45. The van der Waals surface area contributed by atoms with Gasteiger partial charge in [-0.05, 0) is 31.7 Å². The first-order valence-electron chi connectivity index (χ1n) is 8.30. The van der Waals surface area contributed by atoms with Gasteiger partial charge in [0.15, 0.2) is 5.79 Å². The number of hydroxylamine groups is 2. The van der Waals surface area contributed by atoms with Crippen LogP contribution in [0.5, 0.6) is 0 Å². The van der Waals surface area contributed by atoms with E-state index >= 15 is 0 Å². The molecule has 1 aliphatic rings. The number of rotatable bonds is 7. The molecule has 1 aromatic rings.